The average Bonchev–Trinajstić information content (AvgIpc) is 3.39. The molecule has 1 fully saturated rings. The van der Waals surface area contributed by atoms with Crippen molar-refractivity contribution in [2.45, 2.75) is 25.8 Å². The summed E-state index contributed by atoms with van der Waals surface area (Å²) in [5, 5.41) is 13.1. The van der Waals surface area contributed by atoms with Gasteiger partial charge in [0.2, 0.25) is 0 Å². The second-order valence-corrected chi connectivity index (χ2v) is 8.50. The van der Waals surface area contributed by atoms with E-state index in [1.54, 1.807) is 6.20 Å². The Hall–Kier alpha value is -3.17. The van der Waals surface area contributed by atoms with Crippen LogP contribution in [0, 0.1) is 23.2 Å². The first-order valence-electron chi connectivity index (χ1n) is 10.7. The van der Waals surface area contributed by atoms with Crippen LogP contribution < -0.4 is 5.32 Å². The van der Waals surface area contributed by atoms with Crippen LogP contribution >= 0.6 is 0 Å². The van der Waals surface area contributed by atoms with Crippen LogP contribution in [0.5, 0.6) is 0 Å². The Morgan fingerprint density at radius 3 is 3.07 bits per heavy atom. The van der Waals surface area contributed by atoms with Gasteiger partial charge in [0.05, 0.1) is 11.6 Å². The zero-order chi connectivity index (χ0) is 20.5. The number of aromatic amines is 1. The lowest BCUT2D eigenvalue weighted by molar-refractivity contribution is 0.0947. The number of nitriles is 1. The van der Waals surface area contributed by atoms with Gasteiger partial charge >= 0.3 is 0 Å². The van der Waals surface area contributed by atoms with Gasteiger partial charge in [-0.25, -0.2) is 4.98 Å². The van der Waals surface area contributed by atoms with Gasteiger partial charge in [0.15, 0.2) is 0 Å². The minimum Gasteiger partial charge on any atom is -0.350 e. The summed E-state index contributed by atoms with van der Waals surface area (Å²) in [6.07, 6.45) is 5.14. The third kappa shape index (κ3) is 3.94. The molecule has 5 rings (SSSR count). The predicted octanol–water partition coefficient (Wildman–Crippen LogP) is 3.25. The van der Waals surface area contributed by atoms with Gasteiger partial charge in [0.25, 0.3) is 5.91 Å². The highest BCUT2D eigenvalue weighted by Crippen LogP contribution is 2.41. The van der Waals surface area contributed by atoms with E-state index in [-0.39, 0.29) is 5.91 Å². The molecule has 1 aromatic carbocycles. The molecule has 1 saturated carbocycles. The van der Waals surface area contributed by atoms with Crippen molar-refractivity contribution >= 4 is 16.9 Å². The summed E-state index contributed by atoms with van der Waals surface area (Å²) < 4.78 is 0. The number of fused-ring (bicyclic) bond motifs is 2. The predicted molar refractivity (Wildman–Crippen MR) is 115 cm³/mol. The summed E-state index contributed by atoms with van der Waals surface area (Å²) in [4.78, 5) is 22.2. The molecule has 0 spiro atoms. The largest absolute Gasteiger partial charge is 0.350 e. The number of carbonyl (C=O) groups is 1. The van der Waals surface area contributed by atoms with Crippen LogP contribution in [0.15, 0.2) is 42.6 Å². The Morgan fingerprint density at radius 1 is 1.27 bits per heavy atom. The number of nitrogens with one attached hydrogen (secondary N) is 2. The number of hydrogen-bond donors (Lipinski definition) is 2. The zero-order valence-corrected chi connectivity index (χ0v) is 16.9. The molecule has 0 unspecified atom stereocenters. The van der Waals surface area contributed by atoms with Crippen molar-refractivity contribution in [2.24, 2.45) is 11.8 Å². The molecule has 6 heteroatoms. The van der Waals surface area contributed by atoms with E-state index in [1.807, 2.05) is 30.3 Å². The molecule has 30 heavy (non-hydrogen) atoms. The van der Waals surface area contributed by atoms with Crippen molar-refractivity contribution in [3.63, 3.8) is 0 Å². The van der Waals surface area contributed by atoms with Gasteiger partial charge in [-0.05, 0) is 79.1 Å². The maximum absolute atomic E-state index is 12.4. The maximum atomic E-state index is 12.4. The Balaban J connectivity index is 1.07. The van der Waals surface area contributed by atoms with E-state index < -0.39 is 0 Å². The van der Waals surface area contributed by atoms with E-state index >= 15 is 0 Å². The maximum Gasteiger partial charge on any atom is 0.267 e. The average molecular weight is 399 g/mol. The van der Waals surface area contributed by atoms with E-state index in [2.05, 4.69) is 32.3 Å². The molecular weight excluding hydrogens is 374 g/mol. The third-order valence-electron chi connectivity index (χ3n) is 6.47. The van der Waals surface area contributed by atoms with Crippen LogP contribution in [0.3, 0.4) is 0 Å². The number of amides is 1. The molecule has 2 aliphatic rings. The fourth-order valence-corrected chi connectivity index (χ4v) is 4.54. The van der Waals surface area contributed by atoms with Gasteiger partial charge in [-0.2, -0.15) is 5.26 Å². The molecule has 1 aliphatic heterocycles. The lowest BCUT2D eigenvalue weighted by Crippen LogP contribution is -2.32. The SMILES string of the molecule is N#Cc1ccc2c(c1)CN(CC[C@@H]1C[C@H]1CNC(=O)c1cc3cccnc3[nH]1)CC2. The number of pyridine rings is 1. The Morgan fingerprint density at radius 2 is 2.20 bits per heavy atom. The van der Waals surface area contributed by atoms with Crippen molar-refractivity contribution < 1.29 is 4.79 Å². The van der Waals surface area contributed by atoms with E-state index in [0.29, 0.717) is 17.5 Å². The van der Waals surface area contributed by atoms with Gasteiger partial charge in [0, 0.05) is 31.2 Å². The van der Waals surface area contributed by atoms with Crippen molar-refractivity contribution in [3.05, 3.63) is 65.0 Å². The molecule has 1 aliphatic carbocycles. The van der Waals surface area contributed by atoms with Gasteiger partial charge < -0.3 is 10.3 Å². The Bertz CT molecular complexity index is 1100. The molecule has 2 atom stereocenters. The molecule has 2 N–H and O–H groups in total. The molecule has 3 heterocycles. The Labute approximate surface area is 175 Å². The van der Waals surface area contributed by atoms with Crippen molar-refractivity contribution in [1.82, 2.24) is 20.2 Å². The van der Waals surface area contributed by atoms with Crippen LogP contribution in [0.1, 0.15) is 40.0 Å². The molecule has 3 aromatic rings. The summed E-state index contributed by atoms with van der Waals surface area (Å²) in [6, 6.07) is 14.0. The van der Waals surface area contributed by atoms with Crippen molar-refractivity contribution in [1.29, 1.82) is 5.26 Å². The van der Waals surface area contributed by atoms with Gasteiger partial charge in [-0.1, -0.05) is 6.07 Å². The van der Waals surface area contributed by atoms with Gasteiger partial charge in [-0.15, -0.1) is 0 Å². The van der Waals surface area contributed by atoms with Crippen LogP contribution in [-0.2, 0) is 13.0 Å². The van der Waals surface area contributed by atoms with Crippen LogP contribution in [-0.4, -0.2) is 40.4 Å². The summed E-state index contributed by atoms with van der Waals surface area (Å²) in [7, 11) is 0. The fraction of sp³-hybridized carbons (Fsp3) is 0.375. The van der Waals surface area contributed by atoms with Crippen molar-refractivity contribution in [3.8, 4) is 6.07 Å². The number of rotatable bonds is 6. The molecule has 0 saturated heterocycles. The monoisotopic (exact) mass is 399 g/mol. The van der Waals surface area contributed by atoms with E-state index in [1.165, 1.54) is 24.0 Å². The van der Waals surface area contributed by atoms with Crippen LogP contribution in [0.4, 0.5) is 0 Å². The smallest absolute Gasteiger partial charge is 0.267 e. The number of H-pyrrole nitrogens is 1. The van der Waals surface area contributed by atoms with Crippen LogP contribution in [0.25, 0.3) is 11.0 Å². The van der Waals surface area contributed by atoms with Gasteiger partial charge in [0.1, 0.15) is 11.3 Å². The highest BCUT2D eigenvalue weighted by molar-refractivity contribution is 5.97. The Kier molecular flexibility index (Phi) is 4.97. The summed E-state index contributed by atoms with van der Waals surface area (Å²) in [5.74, 6) is 1.22. The number of nitrogens with zero attached hydrogens (tertiary/aromatic N) is 3. The number of aromatic nitrogens is 2. The van der Waals surface area contributed by atoms with E-state index in [9.17, 15) is 4.79 Å². The molecular formula is C24H25N5O. The first-order chi connectivity index (χ1) is 14.7. The highest BCUT2D eigenvalue weighted by Gasteiger charge is 2.37. The van der Waals surface area contributed by atoms with Crippen LogP contribution in [0.2, 0.25) is 0 Å². The second-order valence-electron chi connectivity index (χ2n) is 8.50. The second kappa shape index (κ2) is 7.92. The molecule has 6 nitrogen and oxygen atoms in total. The molecule has 2 aromatic heterocycles. The minimum absolute atomic E-state index is 0.0559. The molecule has 1 amide bonds. The third-order valence-corrected chi connectivity index (χ3v) is 6.47. The first kappa shape index (κ1) is 18.8. The lowest BCUT2D eigenvalue weighted by atomic mass is 9.97. The van der Waals surface area contributed by atoms with Crippen molar-refractivity contribution in [2.75, 3.05) is 19.6 Å². The van der Waals surface area contributed by atoms with E-state index in [4.69, 9.17) is 5.26 Å². The standard InChI is InChI=1S/C24H25N5O/c25-13-16-3-4-17-5-8-29(15-21(17)10-16)9-6-18-11-20(18)14-27-24(30)22-12-19-2-1-7-26-23(19)28-22/h1-4,7,10,12,18,20H,5-6,8-9,11,14-15H2,(H,26,28)(H,27,30)/t18-,20+/m1/s1. The summed E-state index contributed by atoms with van der Waals surface area (Å²) >= 11 is 0. The lowest BCUT2D eigenvalue weighted by Gasteiger charge is -2.28. The summed E-state index contributed by atoms with van der Waals surface area (Å²) in [6.45, 7) is 3.84. The first-order valence-corrected chi connectivity index (χ1v) is 10.7. The topological polar surface area (TPSA) is 84.8 Å². The quantitative estimate of drug-likeness (QED) is 0.666. The molecule has 152 valence electrons. The number of hydrogen-bond acceptors (Lipinski definition) is 4. The van der Waals surface area contributed by atoms with E-state index in [0.717, 1.165) is 49.2 Å². The molecule has 0 bridgehead atoms. The normalized spacial score (nSPS) is 20.5. The minimum atomic E-state index is -0.0559. The zero-order valence-electron chi connectivity index (χ0n) is 16.9. The fourth-order valence-electron chi connectivity index (χ4n) is 4.54. The number of benzene rings is 1. The van der Waals surface area contributed by atoms with Gasteiger partial charge in [-0.3, -0.25) is 9.69 Å². The highest BCUT2D eigenvalue weighted by atomic mass is 16.1. The number of carbonyl (C=O) groups excluding carboxylic acids is 1. The molecule has 0 radical (unpaired) electrons. The summed E-state index contributed by atoms with van der Waals surface area (Å²) in [5.41, 5.74) is 4.75.